The van der Waals surface area contributed by atoms with Gasteiger partial charge in [0.15, 0.2) is 0 Å². The minimum atomic E-state index is -5.61. The van der Waals surface area contributed by atoms with Crippen molar-refractivity contribution in [2.75, 3.05) is 52.2 Å². The van der Waals surface area contributed by atoms with E-state index < -0.39 is 32.1 Å². The summed E-state index contributed by atoms with van der Waals surface area (Å²) in [4.78, 5) is 4.51. The summed E-state index contributed by atoms with van der Waals surface area (Å²) >= 11 is -1.51. The number of sulfonamides is 1. The molecule has 57 heavy (non-hydrogen) atoms. The van der Waals surface area contributed by atoms with E-state index in [-0.39, 0.29) is 16.5 Å². The fourth-order valence-electron chi connectivity index (χ4n) is 5.48. The maximum atomic E-state index is 12.9. The minimum absolute atomic E-state index is 0.0156. The molecule has 1 atom stereocenters. The Labute approximate surface area is 336 Å². The summed E-state index contributed by atoms with van der Waals surface area (Å²) in [5, 5.41) is 22.7. The van der Waals surface area contributed by atoms with Crippen LogP contribution in [-0.4, -0.2) is 74.8 Å². The highest BCUT2D eigenvalue weighted by Crippen LogP contribution is 2.40. The normalized spacial score (nSPS) is 14.8. The smallest absolute Gasteiger partial charge is 0.516 e. The van der Waals surface area contributed by atoms with Crippen molar-refractivity contribution in [1.29, 1.82) is 0 Å². The molecule has 0 spiro atoms. The predicted molar refractivity (Wildman–Crippen MR) is 210 cm³/mol. The summed E-state index contributed by atoms with van der Waals surface area (Å²) in [6.45, 7) is 12.3. The van der Waals surface area contributed by atoms with E-state index in [2.05, 4.69) is 61.5 Å². The number of anilines is 5. The summed E-state index contributed by atoms with van der Waals surface area (Å²) in [7, 11) is -5.61. The van der Waals surface area contributed by atoms with Gasteiger partial charge in [-0.25, -0.2) is 0 Å². The largest absolute Gasteiger partial charge is 0.766 e. The van der Waals surface area contributed by atoms with Gasteiger partial charge in [0.05, 0.1) is 16.8 Å². The van der Waals surface area contributed by atoms with Crippen LogP contribution in [0.3, 0.4) is 0 Å². The van der Waals surface area contributed by atoms with Crippen molar-refractivity contribution in [3.63, 3.8) is 0 Å². The van der Waals surface area contributed by atoms with Gasteiger partial charge in [0.25, 0.3) is 5.13 Å². The van der Waals surface area contributed by atoms with Gasteiger partial charge >= 0.3 is 21.0 Å². The highest BCUT2D eigenvalue weighted by molar-refractivity contribution is 7.93. The Morgan fingerprint density at radius 1 is 0.860 bits per heavy atom. The molecule has 4 aromatic rings. The number of halogens is 6. The van der Waals surface area contributed by atoms with Crippen LogP contribution in [0.25, 0.3) is 0 Å². The molecule has 2 aromatic heterocycles. The number of fused-ring (bicyclic) bond motifs is 2. The van der Waals surface area contributed by atoms with Crippen LogP contribution in [0.4, 0.5) is 65.0 Å². The van der Waals surface area contributed by atoms with Gasteiger partial charge in [-0.05, 0) is 72.9 Å². The summed E-state index contributed by atoms with van der Waals surface area (Å²) in [6, 6.07) is 9.28. The number of benzene rings is 2. The highest BCUT2D eigenvalue weighted by Gasteiger charge is 2.46. The maximum Gasteiger partial charge on any atom is 0.516 e. The van der Waals surface area contributed by atoms with Gasteiger partial charge in [-0.15, -0.1) is 30.6 Å². The maximum absolute atomic E-state index is 12.9. The van der Waals surface area contributed by atoms with E-state index in [0.29, 0.717) is 35.6 Å². The average Bonchev–Trinajstić information content (AvgIpc) is 3.82. The molecule has 5 N–H and O–H groups in total. The fourth-order valence-corrected chi connectivity index (χ4v) is 6.72. The molecule has 4 heterocycles. The lowest BCUT2D eigenvalue weighted by Crippen LogP contribution is -2.33. The second-order valence-corrected chi connectivity index (χ2v) is 17.5. The van der Waals surface area contributed by atoms with E-state index in [4.69, 9.17) is 20.2 Å². The molecular formula is C32H42F6N11O4S4-. The zero-order valence-electron chi connectivity index (χ0n) is 31.1. The predicted octanol–water partition coefficient (Wildman–Crippen LogP) is 7.81. The standard InChI is InChI=1S/C16H19F3N6O2S2.C13H20N2.C2H3N3S.CHF3O2S/c1-10(2)8-25-5-3-4-11-6-12(21-23-15-22-20-9-28-15)13(7-14(11)25)24-29(26,27)16(17,18)19;1-10(2)9-15-7-3-4-11-5-6-12(14)8-13(11)15;3-2-5-4-1-6-2;2-1(3,4)7(5)6/h6-7,9-10,24H,3-5,8H2,1-2H3;5-6,8,10H,3-4,7,9,14H2,1-2H3;1H,(H2,3,5);(H,5,6)/p-1. The second kappa shape index (κ2) is 21.0. The molecule has 2 aliphatic heterocycles. The van der Waals surface area contributed by atoms with Gasteiger partial charge in [0, 0.05) is 43.2 Å². The molecular weight excluding hydrogens is 845 g/mol. The van der Waals surface area contributed by atoms with Gasteiger partial charge in [0.1, 0.15) is 16.7 Å². The molecule has 25 heteroatoms. The number of hydrogen-bond acceptors (Lipinski definition) is 16. The average molecular weight is 887 g/mol. The molecule has 15 nitrogen and oxygen atoms in total. The Morgan fingerprint density at radius 2 is 1.40 bits per heavy atom. The van der Waals surface area contributed by atoms with Crippen LogP contribution in [-0.2, 0) is 33.9 Å². The molecule has 0 radical (unpaired) electrons. The molecule has 0 bridgehead atoms. The molecule has 0 saturated carbocycles. The van der Waals surface area contributed by atoms with E-state index in [1.165, 1.54) is 53.6 Å². The Kier molecular flexibility index (Phi) is 17.4. The van der Waals surface area contributed by atoms with Crippen LogP contribution in [0, 0.1) is 11.8 Å². The second-order valence-electron chi connectivity index (χ2n) is 13.2. The number of aromatic nitrogens is 4. The number of hydrogen-bond donors (Lipinski definition) is 3. The number of nitrogen functional groups attached to an aromatic ring is 2. The van der Waals surface area contributed by atoms with E-state index >= 15 is 0 Å². The quantitative estimate of drug-likeness (QED) is 0.0668. The van der Waals surface area contributed by atoms with Crippen molar-refractivity contribution >= 4 is 82.5 Å². The molecule has 0 fully saturated rings. The molecule has 0 aliphatic carbocycles. The SMILES string of the molecule is CC(C)CN1CCCc2cc(N=Nc3nncs3)c(NS(=O)(=O)C(F)(F)F)cc21.CC(C)CN1CCCc2ccc(N)cc21.Nc1nncs1.O=S([O-])C(F)(F)F. The topological polar surface area (TPSA) is 221 Å². The first-order chi connectivity index (χ1) is 26.6. The van der Waals surface area contributed by atoms with Crippen molar-refractivity contribution in [2.24, 2.45) is 22.1 Å². The molecule has 6 rings (SSSR count). The van der Waals surface area contributed by atoms with Gasteiger partial charge < -0.3 is 25.8 Å². The first-order valence-electron chi connectivity index (χ1n) is 17.1. The zero-order valence-corrected chi connectivity index (χ0v) is 34.4. The lowest BCUT2D eigenvalue weighted by molar-refractivity contribution is -0.0453. The first kappa shape index (κ1) is 47.2. The van der Waals surface area contributed by atoms with Crippen molar-refractivity contribution in [3.05, 3.63) is 52.5 Å². The van der Waals surface area contributed by atoms with Crippen LogP contribution >= 0.6 is 22.7 Å². The lowest BCUT2D eigenvalue weighted by atomic mass is 9.99. The zero-order chi connectivity index (χ0) is 42.6. The minimum Gasteiger partial charge on any atom is -0.766 e. The third-order valence-electron chi connectivity index (χ3n) is 7.61. The lowest BCUT2D eigenvalue weighted by Gasteiger charge is -2.33. The number of nitrogens with one attached hydrogen (secondary N) is 1. The van der Waals surface area contributed by atoms with Crippen LogP contribution in [0.1, 0.15) is 51.7 Å². The van der Waals surface area contributed by atoms with Gasteiger partial charge in [-0.1, -0.05) is 56.4 Å². The molecule has 2 aromatic carbocycles. The van der Waals surface area contributed by atoms with Crippen LogP contribution in [0.15, 0.2) is 51.6 Å². The fraction of sp³-hybridized carbons (Fsp3) is 0.500. The van der Waals surface area contributed by atoms with E-state index in [1.807, 2.05) is 24.8 Å². The van der Waals surface area contributed by atoms with Crippen molar-refractivity contribution in [1.82, 2.24) is 20.4 Å². The number of alkyl halides is 6. The summed E-state index contributed by atoms with van der Waals surface area (Å²) < 4.78 is 113. The highest BCUT2D eigenvalue weighted by atomic mass is 32.2. The van der Waals surface area contributed by atoms with Crippen LogP contribution in [0.5, 0.6) is 0 Å². The third kappa shape index (κ3) is 15.2. The van der Waals surface area contributed by atoms with Crippen molar-refractivity contribution < 1.29 is 43.5 Å². The molecule has 0 amide bonds. The molecule has 316 valence electrons. The van der Waals surface area contributed by atoms with Gasteiger partial charge in [0.2, 0.25) is 5.13 Å². The Hall–Kier alpha value is -4.20. The van der Waals surface area contributed by atoms with E-state index in [1.54, 1.807) is 16.3 Å². The summed E-state index contributed by atoms with van der Waals surface area (Å²) in [6.07, 6.45) is 4.05. The summed E-state index contributed by atoms with van der Waals surface area (Å²) in [5.41, 5.74) is 8.41. The number of azo groups is 1. The van der Waals surface area contributed by atoms with Gasteiger partial charge in [-0.2, -0.15) is 34.8 Å². The van der Waals surface area contributed by atoms with Crippen molar-refractivity contribution in [2.45, 2.75) is 64.4 Å². The van der Waals surface area contributed by atoms with E-state index in [0.717, 1.165) is 42.1 Å². The molecule has 2 aliphatic rings. The Bertz CT molecular complexity index is 2020. The molecule has 1 unspecified atom stereocenters. The van der Waals surface area contributed by atoms with E-state index in [9.17, 15) is 34.8 Å². The van der Waals surface area contributed by atoms with Gasteiger partial charge in [-0.3, -0.25) is 8.93 Å². The Balaban J connectivity index is 0.000000255. The van der Waals surface area contributed by atoms with Crippen molar-refractivity contribution in [3.8, 4) is 0 Å². The number of aryl methyl sites for hydroxylation is 2. The number of rotatable bonds is 8. The van der Waals surface area contributed by atoms with Crippen LogP contribution < -0.4 is 26.0 Å². The van der Waals surface area contributed by atoms with Crippen LogP contribution in [0.2, 0.25) is 0 Å². The first-order valence-corrected chi connectivity index (χ1v) is 21.4. The molecule has 0 saturated heterocycles. The monoisotopic (exact) mass is 886 g/mol. The number of nitrogens with two attached hydrogens (primary N) is 2. The number of nitrogens with zero attached hydrogens (tertiary/aromatic N) is 8. The summed E-state index contributed by atoms with van der Waals surface area (Å²) in [5.74, 6) is 1.03. The Morgan fingerprint density at radius 3 is 1.86 bits per heavy atom. The third-order valence-corrected chi connectivity index (χ3v) is 10.2.